The van der Waals surface area contributed by atoms with Gasteiger partial charge in [-0.15, -0.1) is 10.2 Å². The minimum Gasteiger partial charge on any atom is -0.320 e. The van der Waals surface area contributed by atoms with E-state index < -0.39 is 0 Å². The summed E-state index contributed by atoms with van der Waals surface area (Å²) < 4.78 is 3.91. The third-order valence-corrected chi connectivity index (χ3v) is 3.74. The van der Waals surface area contributed by atoms with Crippen molar-refractivity contribution in [2.75, 3.05) is 6.54 Å². The lowest BCUT2D eigenvalue weighted by Crippen LogP contribution is -2.15. The van der Waals surface area contributed by atoms with Gasteiger partial charge < -0.3 is 9.88 Å². The summed E-state index contributed by atoms with van der Waals surface area (Å²) in [6.45, 7) is 4.89. The fraction of sp³-hybridized carbons (Fsp3) is 0.353. The molecular formula is C17H22N6. The van der Waals surface area contributed by atoms with Crippen LogP contribution in [0, 0.1) is 6.92 Å². The summed E-state index contributed by atoms with van der Waals surface area (Å²) in [6, 6.07) is 10.5. The Labute approximate surface area is 136 Å². The van der Waals surface area contributed by atoms with Gasteiger partial charge in [0.1, 0.15) is 12.7 Å². The summed E-state index contributed by atoms with van der Waals surface area (Å²) >= 11 is 0. The second-order valence-electron chi connectivity index (χ2n) is 5.65. The highest BCUT2D eigenvalue weighted by Crippen LogP contribution is 2.09. The maximum absolute atomic E-state index is 4.42. The maximum atomic E-state index is 4.42. The van der Waals surface area contributed by atoms with Gasteiger partial charge in [0.2, 0.25) is 0 Å². The molecule has 0 aliphatic rings. The number of hydrogen-bond donors (Lipinski definition) is 1. The number of aromatic nitrogens is 5. The molecular weight excluding hydrogens is 288 g/mol. The molecule has 0 radical (unpaired) electrons. The molecule has 0 amide bonds. The van der Waals surface area contributed by atoms with E-state index in [1.54, 1.807) is 12.7 Å². The van der Waals surface area contributed by atoms with Gasteiger partial charge in [-0.3, -0.25) is 0 Å². The zero-order valence-corrected chi connectivity index (χ0v) is 13.4. The molecule has 2 heterocycles. The SMILES string of the molecule is Cc1ccn(-c2ccc(CNCCCCn3cnnc3)cc2)n1. The summed E-state index contributed by atoms with van der Waals surface area (Å²) in [7, 11) is 0. The molecule has 0 bridgehead atoms. The lowest BCUT2D eigenvalue weighted by atomic mass is 10.2. The van der Waals surface area contributed by atoms with E-state index in [-0.39, 0.29) is 0 Å². The van der Waals surface area contributed by atoms with Crippen LogP contribution < -0.4 is 5.32 Å². The molecule has 1 N–H and O–H groups in total. The smallest absolute Gasteiger partial charge is 0.119 e. The van der Waals surface area contributed by atoms with Crippen LogP contribution in [-0.2, 0) is 13.1 Å². The summed E-state index contributed by atoms with van der Waals surface area (Å²) in [6.07, 6.45) is 7.77. The van der Waals surface area contributed by atoms with Crippen molar-refractivity contribution in [3.8, 4) is 5.69 Å². The molecule has 0 atom stereocenters. The minimum absolute atomic E-state index is 0.894. The van der Waals surface area contributed by atoms with E-state index in [4.69, 9.17) is 0 Å². The van der Waals surface area contributed by atoms with Crippen LogP contribution in [0.25, 0.3) is 5.69 Å². The Morgan fingerprint density at radius 3 is 2.48 bits per heavy atom. The van der Waals surface area contributed by atoms with Gasteiger partial charge in [-0.2, -0.15) is 5.10 Å². The van der Waals surface area contributed by atoms with E-state index in [2.05, 4.69) is 44.9 Å². The standard InChI is InChI=1S/C17H22N6/c1-15-8-11-23(21-15)17-6-4-16(5-7-17)12-18-9-2-3-10-22-13-19-20-14-22/h4-8,11,13-14,18H,2-3,9-10,12H2,1H3. The molecule has 3 rings (SSSR count). The summed E-state index contributed by atoms with van der Waals surface area (Å²) in [5.41, 5.74) is 3.41. The maximum Gasteiger partial charge on any atom is 0.119 e. The molecule has 120 valence electrons. The van der Waals surface area contributed by atoms with Crippen molar-refractivity contribution in [1.29, 1.82) is 0 Å². The second-order valence-corrected chi connectivity index (χ2v) is 5.65. The highest BCUT2D eigenvalue weighted by molar-refractivity contribution is 5.34. The lowest BCUT2D eigenvalue weighted by Gasteiger charge is -2.07. The Morgan fingerprint density at radius 1 is 1.00 bits per heavy atom. The average molecular weight is 310 g/mol. The number of hydrogen-bond acceptors (Lipinski definition) is 4. The molecule has 2 aromatic heterocycles. The van der Waals surface area contributed by atoms with Crippen molar-refractivity contribution in [3.63, 3.8) is 0 Å². The van der Waals surface area contributed by atoms with Crippen molar-refractivity contribution in [2.45, 2.75) is 32.9 Å². The highest BCUT2D eigenvalue weighted by Gasteiger charge is 1.99. The Kier molecular flexibility index (Phi) is 5.16. The Hall–Kier alpha value is -2.47. The first-order valence-electron chi connectivity index (χ1n) is 7.96. The average Bonchev–Trinajstić information content (AvgIpc) is 3.23. The number of nitrogens with zero attached hydrogens (tertiary/aromatic N) is 5. The number of nitrogens with one attached hydrogen (secondary N) is 1. The number of unbranched alkanes of at least 4 members (excludes halogenated alkanes) is 1. The van der Waals surface area contributed by atoms with Gasteiger partial charge in [-0.25, -0.2) is 4.68 Å². The van der Waals surface area contributed by atoms with Crippen LogP contribution in [0.15, 0.2) is 49.2 Å². The van der Waals surface area contributed by atoms with E-state index in [1.807, 2.05) is 28.4 Å². The molecule has 0 aliphatic carbocycles. The fourth-order valence-electron chi connectivity index (χ4n) is 2.44. The molecule has 1 aromatic carbocycles. The Morgan fingerprint density at radius 2 is 1.78 bits per heavy atom. The van der Waals surface area contributed by atoms with E-state index >= 15 is 0 Å². The van der Waals surface area contributed by atoms with Gasteiger partial charge >= 0.3 is 0 Å². The zero-order chi connectivity index (χ0) is 15.9. The Balaban J connectivity index is 1.37. The van der Waals surface area contributed by atoms with Crippen molar-refractivity contribution in [2.24, 2.45) is 0 Å². The molecule has 0 spiro atoms. The first kappa shape index (κ1) is 15.4. The predicted octanol–water partition coefficient (Wildman–Crippen LogP) is 2.34. The fourth-order valence-corrected chi connectivity index (χ4v) is 2.44. The van der Waals surface area contributed by atoms with Crippen molar-refractivity contribution < 1.29 is 0 Å². The predicted molar refractivity (Wildman–Crippen MR) is 89.3 cm³/mol. The van der Waals surface area contributed by atoms with Crippen molar-refractivity contribution >= 4 is 0 Å². The third-order valence-electron chi connectivity index (χ3n) is 3.74. The van der Waals surface area contributed by atoms with Gasteiger partial charge in [0.05, 0.1) is 11.4 Å². The third kappa shape index (κ3) is 4.50. The quantitative estimate of drug-likeness (QED) is 0.649. The summed E-state index contributed by atoms with van der Waals surface area (Å²) in [4.78, 5) is 0. The second kappa shape index (κ2) is 7.69. The van der Waals surface area contributed by atoms with Gasteiger partial charge in [-0.05, 0) is 50.1 Å². The molecule has 0 unspecified atom stereocenters. The van der Waals surface area contributed by atoms with Gasteiger partial charge in [0, 0.05) is 19.3 Å². The van der Waals surface area contributed by atoms with Crippen molar-refractivity contribution in [1.82, 2.24) is 29.9 Å². The molecule has 0 fully saturated rings. The number of aryl methyl sites for hydroxylation is 2. The van der Waals surface area contributed by atoms with Crippen LogP contribution in [0.4, 0.5) is 0 Å². The van der Waals surface area contributed by atoms with Gasteiger partial charge in [0.25, 0.3) is 0 Å². The first-order valence-corrected chi connectivity index (χ1v) is 7.96. The van der Waals surface area contributed by atoms with E-state index in [0.717, 1.165) is 43.9 Å². The highest BCUT2D eigenvalue weighted by atomic mass is 15.3. The molecule has 0 aliphatic heterocycles. The Bertz CT molecular complexity index is 699. The van der Waals surface area contributed by atoms with E-state index in [1.165, 1.54) is 5.56 Å². The lowest BCUT2D eigenvalue weighted by molar-refractivity contribution is 0.567. The molecule has 6 heteroatoms. The van der Waals surface area contributed by atoms with Crippen LogP contribution in [0.2, 0.25) is 0 Å². The molecule has 3 aromatic rings. The van der Waals surface area contributed by atoms with Crippen LogP contribution in [0.3, 0.4) is 0 Å². The molecule has 6 nitrogen and oxygen atoms in total. The van der Waals surface area contributed by atoms with Crippen LogP contribution in [-0.4, -0.2) is 31.1 Å². The molecule has 0 saturated heterocycles. The zero-order valence-electron chi connectivity index (χ0n) is 13.4. The van der Waals surface area contributed by atoms with Crippen LogP contribution >= 0.6 is 0 Å². The van der Waals surface area contributed by atoms with E-state index in [0.29, 0.717) is 0 Å². The van der Waals surface area contributed by atoms with Gasteiger partial charge in [0.15, 0.2) is 0 Å². The van der Waals surface area contributed by atoms with E-state index in [9.17, 15) is 0 Å². The largest absolute Gasteiger partial charge is 0.320 e. The molecule has 0 saturated carbocycles. The molecule has 23 heavy (non-hydrogen) atoms. The first-order chi connectivity index (χ1) is 11.3. The normalized spacial score (nSPS) is 11.0. The summed E-state index contributed by atoms with van der Waals surface area (Å²) in [5.74, 6) is 0. The van der Waals surface area contributed by atoms with Gasteiger partial charge in [-0.1, -0.05) is 12.1 Å². The topological polar surface area (TPSA) is 60.6 Å². The number of rotatable bonds is 8. The monoisotopic (exact) mass is 310 g/mol. The summed E-state index contributed by atoms with van der Waals surface area (Å²) in [5, 5.41) is 15.5. The van der Waals surface area contributed by atoms with Crippen LogP contribution in [0.5, 0.6) is 0 Å². The number of benzene rings is 1. The van der Waals surface area contributed by atoms with Crippen LogP contribution in [0.1, 0.15) is 24.1 Å². The minimum atomic E-state index is 0.894. The van der Waals surface area contributed by atoms with Crippen molar-refractivity contribution in [3.05, 3.63) is 60.4 Å².